The van der Waals surface area contributed by atoms with Gasteiger partial charge in [-0.05, 0) is 86.4 Å². The van der Waals surface area contributed by atoms with Gasteiger partial charge in [0.15, 0.2) is 51.2 Å². The Morgan fingerprint density at radius 3 is 2.11 bits per heavy atom. The molecule has 3 heterocycles. The van der Waals surface area contributed by atoms with Crippen LogP contribution in [0.3, 0.4) is 0 Å². The van der Waals surface area contributed by atoms with Crippen molar-refractivity contribution in [2.24, 2.45) is 0 Å². The molecule has 1 atom stereocenters. The predicted molar refractivity (Wildman–Crippen MR) is 306 cm³/mol. The zero-order chi connectivity index (χ0) is 53.6. The number of allylic oxidation sites excluding steroid dienone is 7. The Hall–Kier alpha value is -9.73. The minimum Gasteiger partial charge on any atom is -0.509 e. The second kappa shape index (κ2) is 21.0. The van der Waals surface area contributed by atoms with Crippen LogP contribution in [0.2, 0.25) is 0 Å². The molecule has 0 saturated heterocycles. The summed E-state index contributed by atoms with van der Waals surface area (Å²) >= 11 is 0. The number of para-hydroxylation sites is 4. The highest BCUT2D eigenvalue weighted by molar-refractivity contribution is 6.13. The van der Waals surface area contributed by atoms with Crippen molar-refractivity contribution in [1.29, 1.82) is 0 Å². The first-order valence-corrected chi connectivity index (χ1v) is 24.2. The Bertz CT molecular complexity index is 3890. The summed E-state index contributed by atoms with van der Waals surface area (Å²) in [5.41, 5.74) is 12.7. The number of aliphatic hydroxyl groups is 4. The van der Waals surface area contributed by atoms with E-state index in [0.717, 1.165) is 73.4 Å². The maximum atomic E-state index is 11.5. The molecule has 10 rings (SSSR count). The van der Waals surface area contributed by atoms with Crippen LogP contribution in [-0.4, -0.2) is 57.0 Å². The van der Waals surface area contributed by atoms with Crippen LogP contribution < -0.4 is 9.47 Å². The standard InChI is InChI=1S/C61H54N4O8.C2H2.CH4/c1-7-8-10-21-41-32-49(51-34(2)26-28-42-44-30-39(38-18-11-9-12-19-38)27-29-45(44)65(41)55(42)51)64-33-63(48-25-15-17-35(3)53(48)64)47-24-14-13-23-46(47)62(6)54-40(31-50(67)59(71)58(70)37(5)66)20-16-22-43(54)52-60(72)56(68)36(4)57(69)61(52)73;1-2;/h7-30,33,49H,1,31-32H2,2-6H3,(H7-,66,67,68,69,70,71,72,73);1-2H;1H4/p+1/b10-8-,41-21+,58-37-,59-50-;;. The number of hydrogen-bond acceptors (Lipinski definition) is 9. The second-order valence-electron chi connectivity index (χ2n) is 18.6. The Morgan fingerprint density at radius 2 is 1.41 bits per heavy atom. The smallest absolute Gasteiger partial charge is 0.250 e. The van der Waals surface area contributed by atoms with Gasteiger partial charge in [0, 0.05) is 58.6 Å². The number of fused-ring (bicyclic) bond motifs is 4. The van der Waals surface area contributed by atoms with Gasteiger partial charge in [0.2, 0.25) is 0 Å². The number of phenolic OH excluding ortho intramolecular Hbond substituents is 4. The van der Waals surface area contributed by atoms with Crippen molar-refractivity contribution in [3.05, 3.63) is 209 Å². The predicted octanol–water partition coefficient (Wildman–Crippen LogP) is 14.6. The van der Waals surface area contributed by atoms with Crippen LogP contribution in [0.1, 0.15) is 54.6 Å². The van der Waals surface area contributed by atoms with Crippen molar-refractivity contribution in [2.45, 2.75) is 54.0 Å². The fraction of sp³-hybridized carbons (Fsp3) is 0.141. The number of benzene rings is 7. The third-order valence-electron chi connectivity index (χ3n) is 14.2. The second-order valence-corrected chi connectivity index (χ2v) is 18.6. The summed E-state index contributed by atoms with van der Waals surface area (Å²) in [6.45, 7) is 10.7. The van der Waals surface area contributed by atoms with Crippen LogP contribution in [0.25, 0.3) is 66.5 Å². The number of terminal acetylenes is 1. The van der Waals surface area contributed by atoms with E-state index in [4.69, 9.17) is 0 Å². The normalized spacial score (nSPS) is 14.3. The minimum absolute atomic E-state index is 0. The number of imidazole rings is 1. The van der Waals surface area contributed by atoms with E-state index in [9.17, 15) is 40.9 Å². The van der Waals surface area contributed by atoms with Crippen molar-refractivity contribution in [2.75, 3.05) is 11.9 Å². The average Bonchev–Trinajstić information content (AvgIpc) is 4.01. The van der Waals surface area contributed by atoms with Crippen LogP contribution in [0.15, 0.2) is 182 Å². The molecule has 0 spiro atoms. The lowest BCUT2D eigenvalue weighted by atomic mass is 9.91. The Morgan fingerprint density at radius 1 is 0.724 bits per heavy atom. The van der Waals surface area contributed by atoms with Crippen LogP contribution >= 0.6 is 0 Å². The zero-order valence-corrected chi connectivity index (χ0v) is 42.2. The van der Waals surface area contributed by atoms with Crippen molar-refractivity contribution < 1.29 is 45.4 Å². The summed E-state index contributed by atoms with van der Waals surface area (Å²) in [6.07, 6.45) is 18.3. The molecule has 2 aromatic heterocycles. The number of aryl methyl sites for hydroxylation is 2. The molecule has 0 amide bonds. The molecule has 8 N–H and O–H groups in total. The molecule has 12 heteroatoms. The first kappa shape index (κ1) is 52.6. The molecule has 7 aromatic carbocycles. The summed E-state index contributed by atoms with van der Waals surface area (Å²) < 4.78 is 6.92. The molecular weight excluding hydrogens is 953 g/mol. The summed E-state index contributed by atoms with van der Waals surface area (Å²) in [6, 6.07) is 40.2. The topological polar surface area (TPSA) is 179 Å². The molecule has 1 unspecified atom stereocenters. The van der Waals surface area contributed by atoms with Crippen molar-refractivity contribution in [1.82, 2.24) is 9.13 Å². The molecule has 1 aliphatic heterocycles. The molecule has 76 heavy (non-hydrogen) atoms. The van der Waals surface area contributed by atoms with E-state index in [-0.39, 0.29) is 35.8 Å². The molecule has 0 saturated carbocycles. The number of aromatic hydroxyl groups is 4. The van der Waals surface area contributed by atoms with E-state index >= 15 is 0 Å². The minimum atomic E-state index is -0.949. The highest BCUT2D eigenvalue weighted by Gasteiger charge is 2.37. The van der Waals surface area contributed by atoms with Crippen LogP contribution in [0.4, 0.5) is 11.4 Å². The van der Waals surface area contributed by atoms with Crippen LogP contribution in [-0.2, 0) is 6.42 Å². The Labute approximate surface area is 441 Å². The van der Waals surface area contributed by atoms with E-state index in [0.29, 0.717) is 17.7 Å². The Balaban J connectivity index is 0.00000252. The zero-order valence-electron chi connectivity index (χ0n) is 42.2. The van der Waals surface area contributed by atoms with Gasteiger partial charge in [-0.3, -0.25) is 0 Å². The molecule has 0 aliphatic carbocycles. The number of aliphatic hydroxyl groups excluding tert-OH is 4. The van der Waals surface area contributed by atoms with Crippen LogP contribution in [0.5, 0.6) is 23.0 Å². The van der Waals surface area contributed by atoms with Gasteiger partial charge in [-0.1, -0.05) is 123 Å². The maximum Gasteiger partial charge on any atom is 0.250 e. The van der Waals surface area contributed by atoms with Gasteiger partial charge in [-0.25, -0.2) is 4.57 Å². The number of rotatable bonds is 11. The third-order valence-corrected chi connectivity index (χ3v) is 14.2. The van der Waals surface area contributed by atoms with E-state index < -0.39 is 52.5 Å². The SMILES string of the molecule is C.C#C.C=C/C=C\C=C1/CC([n+]2cn(-c3ccccc3N(C)c3c(C/C(O)=C(O)\C(O)=C(/C)O)cccc3-c3c(O)c(O)c(C)c(O)c3O)c3cccc(C)c32)c2c(C)ccc3c4cc(-c5ccccc5)ccc4n1c23. The maximum absolute atomic E-state index is 11.5. The highest BCUT2D eigenvalue weighted by atomic mass is 16.3. The quantitative estimate of drug-likeness (QED) is 0.0156. The van der Waals surface area contributed by atoms with Gasteiger partial charge in [-0.15, -0.1) is 12.8 Å². The number of anilines is 2. The van der Waals surface area contributed by atoms with Gasteiger partial charge in [0.25, 0.3) is 6.33 Å². The molecule has 384 valence electrons. The largest absolute Gasteiger partial charge is 0.509 e. The molecule has 0 bridgehead atoms. The number of hydrogen-bond donors (Lipinski definition) is 8. The first-order chi connectivity index (χ1) is 36.1. The number of aromatic nitrogens is 3. The molecule has 12 nitrogen and oxygen atoms in total. The lowest BCUT2D eigenvalue weighted by molar-refractivity contribution is -0.688. The monoisotopic (exact) mass is 1010 g/mol. The molecule has 1 aliphatic rings. The van der Waals surface area contributed by atoms with Gasteiger partial charge < -0.3 is 50.3 Å². The third kappa shape index (κ3) is 8.67. The summed E-state index contributed by atoms with van der Waals surface area (Å²) in [4.78, 5) is 1.80. The van der Waals surface area contributed by atoms with E-state index in [2.05, 4.69) is 126 Å². The van der Waals surface area contributed by atoms with Crippen molar-refractivity contribution >= 4 is 49.9 Å². The fourth-order valence-corrected chi connectivity index (χ4v) is 10.7. The lowest BCUT2D eigenvalue weighted by Gasteiger charge is -2.28. The van der Waals surface area contributed by atoms with Crippen LogP contribution in [0, 0.1) is 33.6 Å². The van der Waals surface area contributed by atoms with Crippen molar-refractivity contribution in [3.8, 4) is 63.8 Å². The molecule has 9 aromatic rings. The van der Waals surface area contributed by atoms with Gasteiger partial charge in [0.1, 0.15) is 17.6 Å². The van der Waals surface area contributed by atoms with E-state index in [1.807, 2.05) is 48.6 Å². The lowest BCUT2D eigenvalue weighted by Crippen LogP contribution is -2.42. The highest BCUT2D eigenvalue weighted by Crippen LogP contribution is 2.54. The molecule has 0 fully saturated rings. The van der Waals surface area contributed by atoms with Gasteiger partial charge in [-0.2, -0.15) is 4.57 Å². The van der Waals surface area contributed by atoms with E-state index in [1.165, 1.54) is 12.5 Å². The average molecular weight is 1010 g/mol. The summed E-state index contributed by atoms with van der Waals surface area (Å²) in [5.74, 6) is -5.84. The van der Waals surface area contributed by atoms with Gasteiger partial charge in [0.05, 0.1) is 28.0 Å². The van der Waals surface area contributed by atoms with E-state index in [1.54, 1.807) is 36.2 Å². The first-order valence-electron chi connectivity index (χ1n) is 24.2. The van der Waals surface area contributed by atoms with Crippen molar-refractivity contribution in [3.63, 3.8) is 0 Å². The fourth-order valence-electron chi connectivity index (χ4n) is 10.7. The molecular formula is C64H61N4O8+. The Kier molecular flexibility index (Phi) is 14.5. The number of phenols is 4. The molecule has 0 radical (unpaired) electrons. The van der Waals surface area contributed by atoms with Gasteiger partial charge >= 0.3 is 0 Å². The number of nitrogens with zero attached hydrogens (tertiary/aromatic N) is 4. The summed E-state index contributed by atoms with van der Waals surface area (Å²) in [5, 5.41) is 89.9. The summed E-state index contributed by atoms with van der Waals surface area (Å²) in [7, 11) is 1.77.